The van der Waals surface area contributed by atoms with Crippen molar-refractivity contribution in [3.05, 3.63) is 34.4 Å². The van der Waals surface area contributed by atoms with E-state index in [2.05, 4.69) is 15.9 Å². The van der Waals surface area contributed by atoms with Crippen LogP contribution in [0.5, 0.6) is 0 Å². The predicted octanol–water partition coefficient (Wildman–Crippen LogP) is 4.25. The molecule has 3 nitrogen and oxygen atoms in total. The molecule has 5 heteroatoms. The van der Waals surface area contributed by atoms with Crippen molar-refractivity contribution >= 4 is 33.4 Å². The SMILES string of the molecule is O=[N+]([O-])c1ccccc1S[C@@H]1[C@H]2CC[C@H](C2)[C@H]1Br. The minimum Gasteiger partial charge on any atom is -0.258 e. The Labute approximate surface area is 119 Å². The molecule has 0 spiro atoms. The molecule has 0 aliphatic heterocycles. The van der Waals surface area contributed by atoms with Gasteiger partial charge in [0.2, 0.25) is 0 Å². The largest absolute Gasteiger partial charge is 0.282 e. The van der Waals surface area contributed by atoms with Crippen LogP contribution in [0.25, 0.3) is 0 Å². The van der Waals surface area contributed by atoms with Gasteiger partial charge in [0, 0.05) is 16.1 Å². The molecule has 2 aliphatic carbocycles. The number of hydrogen-bond donors (Lipinski definition) is 0. The van der Waals surface area contributed by atoms with E-state index in [1.54, 1.807) is 23.9 Å². The molecule has 18 heavy (non-hydrogen) atoms. The zero-order valence-corrected chi connectivity index (χ0v) is 12.2. The van der Waals surface area contributed by atoms with E-state index in [9.17, 15) is 10.1 Å². The summed E-state index contributed by atoms with van der Waals surface area (Å²) in [6.07, 6.45) is 3.88. The molecule has 1 aromatic carbocycles. The number of rotatable bonds is 3. The van der Waals surface area contributed by atoms with Crippen LogP contribution in [0, 0.1) is 22.0 Å². The van der Waals surface area contributed by atoms with E-state index < -0.39 is 0 Å². The fourth-order valence-corrected chi connectivity index (χ4v) is 5.93. The second-order valence-corrected chi connectivity index (χ2v) is 7.36. The number of hydrogen-bond acceptors (Lipinski definition) is 3. The fourth-order valence-electron chi connectivity index (χ4n) is 3.18. The predicted molar refractivity (Wildman–Crippen MR) is 76.3 cm³/mol. The van der Waals surface area contributed by atoms with Crippen LogP contribution in [-0.4, -0.2) is 15.0 Å². The monoisotopic (exact) mass is 327 g/mol. The average Bonchev–Trinajstić information content (AvgIpc) is 2.93. The molecule has 3 rings (SSSR count). The summed E-state index contributed by atoms with van der Waals surface area (Å²) >= 11 is 5.48. The molecule has 0 heterocycles. The van der Waals surface area contributed by atoms with Gasteiger partial charge in [-0.15, -0.1) is 11.8 Å². The number of nitro groups is 1. The lowest BCUT2D eigenvalue weighted by molar-refractivity contribution is -0.387. The van der Waals surface area contributed by atoms with E-state index in [0.29, 0.717) is 10.1 Å². The number of alkyl halides is 1. The Bertz CT molecular complexity index is 480. The lowest BCUT2D eigenvalue weighted by Crippen LogP contribution is -2.24. The van der Waals surface area contributed by atoms with Gasteiger partial charge in [0.1, 0.15) is 0 Å². The molecule has 0 aromatic heterocycles. The Morgan fingerprint density at radius 2 is 2.00 bits per heavy atom. The van der Waals surface area contributed by atoms with Gasteiger partial charge in [-0.1, -0.05) is 28.1 Å². The highest BCUT2D eigenvalue weighted by Crippen LogP contribution is 2.54. The molecule has 0 unspecified atom stereocenters. The van der Waals surface area contributed by atoms with Crippen molar-refractivity contribution in [2.75, 3.05) is 0 Å². The highest BCUT2D eigenvalue weighted by Gasteiger charge is 2.47. The molecule has 4 atom stereocenters. The Morgan fingerprint density at radius 3 is 2.67 bits per heavy atom. The van der Waals surface area contributed by atoms with Gasteiger partial charge < -0.3 is 0 Å². The Balaban J connectivity index is 1.83. The number of para-hydroxylation sites is 1. The van der Waals surface area contributed by atoms with Gasteiger partial charge in [-0.3, -0.25) is 10.1 Å². The van der Waals surface area contributed by atoms with Crippen molar-refractivity contribution in [2.24, 2.45) is 11.8 Å². The Morgan fingerprint density at radius 1 is 1.28 bits per heavy atom. The summed E-state index contributed by atoms with van der Waals surface area (Å²) in [6.45, 7) is 0. The van der Waals surface area contributed by atoms with E-state index in [4.69, 9.17) is 0 Å². The molecule has 0 N–H and O–H groups in total. The minimum absolute atomic E-state index is 0.241. The normalized spacial score (nSPS) is 33.8. The summed E-state index contributed by atoms with van der Waals surface area (Å²) in [5.41, 5.74) is 0.241. The summed E-state index contributed by atoms with van der Waals surface area (Å²) in [5.74, 6) is 1.50. The molecule has 96 valence electrons. The van der Waals surface area contributed by atoms with Crippen LogP contribution in [0.4, 0.5) is 5.69 Å². The first-order chi connectivity index (χ1) is 8.66. The molecule has 2 fully saturated rings. The van der Waals surface area contributed by atoms with Crippen LogP contribution in [0.3, 0.4) is 0 Å². The van der Waals surface area contributed by atoms with Crippen molar-refractivity contribution in [1.82, 2.24) is 0 Å². The topological polar surface area (TPSA) is 43.1 Å². The quantitative estimate of drug-likeness (QED) is 0.473. The third-order valence-electron chi connectivity index (χ3n) is 4.07. The van der Waals surface area contributed by atoms with Crippen LogP contribution >= 0.6 is 27.7 Å². The van der Waals surface area contributed by atoms with Crippen molar-refractivity contribution in [2.45, 2.75) is 34.2 Å². The van der Waals surface area contributed by atoms with E-state index in [1.165, 1.54) is 19.3 Å². The van der Waals surface area contributed by atoms with Crippen LogP contribution < -0.4 is 0 Å². The van der Waals surface area contributed by atoms with Gasteiger partial charge in [0.05, 0.1) is 9.82 Å². The summed E-state index contributed by atoms with van der Waals surface area (Å²) in [6, 6.07) is 7.08. The van der Waals surface area contributed by atoms with Crippen LogP contribution in [0.15, 0.2) is 29.2 Å². The molecular formula is C13H14BrNO2S. The van der Waals surface area contributed by atoms with Crippen LogP contribution in [-0.2, 0) is 0 Å². The lowest BCUT2D eigenvalue weighted by atomic mass is 10.0. The second kappa shape index (κ2) is 4.85. The summed E-state index contributed by atoms with van der Waals surface area (Å²) < 4.78 is 0. The average molecular weight is 328 g/mol. The first-order valence-electron chi connectivity index (χ1n) is 6.21. The Hall–Kier alpha value is -0.550. The maximum Gasteiger partial charge on any atom is 0.282 e. The third kappa shape index (κ3) is 2.07. The van der Waals surface area contributed by atoms with Crippen molar-refractivity contribution in [3.63, 3.8) is 0 Å². The van der Waals surface area contributed by atoms with Gasteiger partial charge in [0.25, 0.3) is 5.69 Å². The van der Waals surface area contributed by atoms with Crippen LogP contribution in [0.1, 0.15) is 19.3 Å². The smallest absolute Gasteiger partial charge is 0.258 e. The fraction of sp³-hybridized carbons (Fsp3) is 0.538. The molecule has 0 radical (unpaired) electrons. The van der Waals surface area contributed by atoms with Crippen molar-refractivity contribution < 1.29 is 4.92 Å². The number of nitrogens with zero attached hydrogens (tertiary/aromatic N) is 1. The highest BCUT2D eigenvalue weighted by atomic mass is 79.9. The molecule has 2 bridgehead atoms. The summed E-state index contributed by atoms with van der Waals surface area (Å²) in [7, 11) is 0. The van der Waals surface area contributed by atoms with Gasteiger partial charge in [-0.05, 0) is 37.2 Å². The van der Waals surface area contributed by atoms with Crippen molar-refractivity contribution in [3.8, 4) is 0 Å². The first kappa shape index (κ1) is 12.5. The lowest BCUT2D eigenvalue weighted by Gasteiger charge is -2.26. The maximum absolute atomic E-state index is 11.0. The summed E-state index contributed by atoms with van der Waals surface area (Å²) in [5, 5.41) is 11.5. The summed E-state index contributed by atoms with van der Waals surface area (Å²) in [4.78, 5) is 12.1. The maximum atomic E-state index is 11.0. The standard InChI is InChI=1S/C13H14BrNO2S/c14-12-8-5-6-9(7-8)13(12)18-11-4-2-1-3-10(11)15(16)17/h1-4,8-9,12-13H,5-7H2/t8-,9+,12-,13-/m1/s1. The zero-order valence-electron chi connectivity index (χ0n) is 9.79. The van der Waals surface area contributed by atoms with Gasteiger partial charge in [0.15, 0.2) is 0 Å². The first-order valence-corrected chi connectivity index (χ1v) is 8.00. The highest BCUT2D eigenvalue weighted by molar-refractivity contribution is 9.09. The van der Waals surface area contributed by atoms with Gasteiger partial charge >= 0.3 is 0 Å². The molecule has 0 amide bonds. The number of benzene rings is 1. The Kier molecular flexibility index (Phi) is 3.36. The van der Waals surface area contributed by atoms with Gasteiger partial charge in [-0.25, -0.2) is 0 Å². The number of thioether (sulfide) groups is 1. The number of fused-ring (bicyclic) bond motifs is 2. The van der Waals surface area contributed by atoms with E-state index in [-0.39, 0.29) is 10.6 Å². The van der Waals surface area contributed by atoms with E-state index in [0.717, 1.165) is 16.7 Å². The van der Waals surface area contributed by atoms with Crippen molar-refractivity contribution in [1.29, 1.82) is 0 Å². The molecule has 1 aromatic rings. The zero-order chi connectivity index (χ0) is 12.7. The molecule has 2 saturated carbocycles. The van der Waals surface area contributed by atoms with Gasteiger partial charge in [-0.2, -0.15) is 0 Å². The number of nitro benzene ring substituents is 1. The number of halogens is 1. The molecule has 0 saturated heterocycles. The van der Waals surface area contributed by atoms with Crippen LogP contribution in [0.2, 0.25) is 0 Å². The molecule has 2 aliphatic rings. The van der Waals surface area contributed by atoms with E-state index >= 15 is 0 Å². The van der Waals surface area contributed by atoms with E-state index in [1.807, 2.05) is 12.1 Å². The third-order valence-corrected chi connectivity index (χ3v) is 7.28. The minimum atomic E-state index is -0.279. The second-order valence-electron chi connectivity index (χ2n) is 5.08. The molecular weight excluding hydrogens is 314 g/mol.